The smallest absolute Gasteiger partial charge is 0.239 e. The van der Waals surface area contributed by atoms with Crippen molar-refractivity contribution in [3.8, 4) is 0 Å². The number of amides is 1. The highest BCUT2D eigenvalue weighted by atomic mass is 79.9. The number of likely N-dealkylation sites (tertiary alicyclic amines) is 1. The van der Waals surface area contributed by atoms with Crippen molar-refractivity contribution in [3.05, 3.63) is 22.8 Å². The molecule has 2 rings (SSSR count). The van der Waals surface area contributed by atoms with Gasteiger partial charge in [-0.3, -0.25) is 9.69 Å². The first-order valence-electron chi connectivity index (χ1n) is 6.51. The van der Waals surface area contributed by atoms with Crippen LogP contribution in [0, 0.1) is 5.92 Å². The lowest BCUT2D eigenvalue weighted by molar-refractivity contribution is -0.117. The van der Waals surface area contributed by atoms with E-state index in [0.29, 0.717) is 24.8 Å². The van der Waals surface area contributed by atoms with Gasteiger partial charge in [0.15, 0.2) is 0 Å². The molecule has 1 aliphatic heterocycles. The van der Waals surface area contributed by atoms with Crippen LogP contribution in [-0.4, -0.2) is 42.0 Å². The maximum absolute atomic E-state index is 11.9. The highest BCUT2D eigenvalue weighted by Crippen LogP contribution is 2.15. The Kier molecular flexibility index (Phi) is 10.1. The van der Waals surface area contributed by atoms with Gasteiger partial charge in [-0.25, -0.2) is 4.98 Å². The molecule has 8 heteroatoms. The van der Waals surface area contributed by atoms with Gasteiger partial charge in [-0.15, -0.1) is 24.8 Å². The number of halogens is 3. The first-order chi connectivity index (χ1) is 9.17. The van der Waals surface area contributed by atoms with Crippen LogP contribution in [0.3, 0.4) is 0 Å². The van der Waals surface area contributed by atoms with Crippen molar-refractivity contribution >= 4 is 52.5 Å². The van der Waals surface area contributed by atoms with E-state index in [-0.39, 0.29) is 30.7 Å². The Morgan fingerprint density at radius 1 is 1.48 bits per heavy atom. The number of carbonyl (C=O) groups is 1. The largest absolute Gasteiger partial charge is 0.330 e. The van der Waals surface area contributed by atoms with Gasteiger partial charge in [0.2, 0.25) is 5.91 Å². The monoisotopic (exact) mass is 398 g/mol. The van der Waals surface area contributed by atoms with Gasteiger partial charge < -0.3 is 11.1 Å². The van der Waals surface area contributed by atoms with Crippen LogP contribution in [0.25, 0.3) is 0 Å². The van der Waals surface area contributed by atoms with Crippen molar-refractivity contribution < 1.29 is 4.79 Å². The number of nitrogens with one attached hydrogen (secondary N) is 1. The van der Waals surface area contributed by atoms with E-state index in [1.54, 1.807) is 12.3 Å². The van der Waals surface area contributed by atoms with E-state index in [1.165, 1.54) is 6.42 Å². The van der Waals surface area contributed by atoms with E-state index in [2.05, 4.69) is 31.1 Å². The van der Waals surface area contributed by atoms with Gasteiger partial charge >= 0.3 is 0 Å². The first kappa shape index (κ1) is 20.6. The normalized spacial score (nSPS) is 18.3. The number of pyridine rings is 1. The number of hydrogen-bond acceptors (Lipinski definition) is 4. The minimum atomic E-state index is -0.0208. The molecular weight excluding hydrogens is 379 g/mol. The summed E-state index contributed by atoms with van der Waals surface area (Å²) in [5, 5.41) is 2.81. The lowest BCUT2D eigenvalue weighted by atomic mass is 9.98. The highest BCUT2D eigenvalue weighted by Gasteiger charge is 2.20. The molecule has 1 unspecified atom stereocenters. The summed E-state index contributed by atoms with van der Waals surface area (Å²) in [6.45, 7) is 3.00. The fraction of sp³-hybridized carbons (Fsp3) is 0.538. The molecule has 21 heavy (non-hydrogen) atoms. The van der Waals surface area contributed by atoms with E-state index in [9.17, 15) is 4.79 Å². The summed E-state index contributed by atoms with van der Waals surface area (Å²) in [5.41, 5.74) is 5.69. The minimum Gasteiger partial charge on any atom is -0.330 e. The SMILES string of the molecule is Cl.Cl.NCC1CCCN(CC(=O)Nc2ccc(Br)cn2)C1. The summed E-state index contributed by atoms with van der Waals surface area (Å²) in [7, 11) is 0. The summed E-state index contributed by atoms with van der Waals surface area (Å²) in [5.74, 6) is 1.08. The van der Waals surface area contributed by atoms with E-state index in [1.807, 2.05) is 6.07 Å². The topological polar surface area (TPSA) is 71.2 Å². The lowest BCUT2D eigenvalue weighted by Crippen LogP contribution is -2.42. The fourth-order valence-electron chi connectivity index (χ4n) is 2.32. The van der Waals surface area contributed by atoms with Crippen LogP contribution in [0.5, 0.6) is 0 Å². The zero-order chi connectivity index (χ0) is 13.7. The number of hydrogen-bond donors (Lipinski definition) is 2. The lowest BCUT2D eigenvalue weighted by Gasteiger charge is -2.31. The van der Waals surface area contributed by atoms with Gasteiger partial charge in [0.05, 0.1) is 6.54 Å². The van der Waals surface area contributed by atoms with Gasteiger partial charge in [-0.1, -0.05) is 0 Å². The number of rotatable bonds is 4. The summed E-state index contributed by atoms with van der Waals surface area (Å²) >= 11 is 3.31. The van der Waals surface area contributed by atoms with Crippen LogP contribution in [0.1, 0.15) is 12.8 Å². The summed E-state index contributed by atoms with van der Waals surface area (Å²) in [4.78, 5) is 18.2. The van der Waals surface area contributed by atoms with Crippen molar-refractivity contribution in [2.75, 3.05) is 31.5 Å². The molecular formula is C13H21BrCl2N4O. The number of piperidine rings is 1. The summed E-state index contributed by atoms with van der Waals surface area (Å²) in [6, 6.07) is 3.63. The zero-order valence-corrected chi connectivity index (χ0v) is 14.8. The van der Waals surface area contributed by atoms with Crippen molar-refractivity contribution in [3.63, 3.8) is 0 Å². The predicted octanol–water partition coefficient (Wildman–Crippen LogP) is 2.30. The van der Waals surface area contributed by atoms with E-state index in [4.69, 9.17) is 5.73 Å². The second kappa shape index (κ2) is 10.3. The number of nitrogens with two attached hydrogens (primary N) is 1. The quantitative estimate of drug-likeness (QED) is 0.814. The Morgan fingerprint density at radius 2 is 2.24 bits per heavy atom. The average molecular weight is 400 g/mol. The number of aromatic nitrogens is 1. The molecule has 2 heterocycles. The van der Waals surface area contributed by atoms with Crippen LogP contribution in [0.4, 0.5) is 5.82 Å². The number of anilines is 1. The molecule has 1 aliphatic rings. The Bertz CT molecular complexity index is 433. The predicted molar refractivity (Wildman–Crippen MR) is 93.3 cm³/mol. The first-order valence-corrected chi connectivity index (χ1v) is 7.30. The van der Waals surface area contributed by atoms with Crippen LogP contribution in [0.15, 0.2) is 22.8 Å². The van der Waals surface area contributed by atoms with E-state index >= 15 is 0 Å². The molecule has 0 bridgehead atoms. The van der Waals surface area contributed by atoms with Crippen molar-refractivity contribution in [2.24, 2.45) is 11.7 Å². The van der Waals surface area contributed by atoms with Gasteiger partial charge in [-0.2, -0.15) is 0 Å². The molecule has 1 saturated heterocycles. The van der Waals surface area contributed by atoms with Crippen LogP contribution in [-0.2, 0) is 4.79 Å². The third kappa shape index (κ3) is 6.93. The molecule has 1 fully saturated rings. The van der Waals surface area contributed by atoms with Crippen LogP contribution < -0.4 is 11.1 Å². The van der Waals surface area contributed by atoms with Gasteiger partial charge in [0.25, 0.3) is 0 Å². The second-order valence-corrected chi connectivity index (χ2v) is 5.80. The Hall–Kier alpha value is -0.400. The third-order valence-electron chi connectivity index (χ3n) is 3.30. The highest BCUT2D eigenvalue weighted by molar-refractivity contribution is 9.10. The van der Waals surface area contributed by atoms with Crippen molar-refractivity contribution in [1.29, 1.82) is 0 Å². The number of nitrogens with zero attached hydrogens (tertiary/aromatic N) is 2. The van der Waals surface area contributed by atoms with Gasteiger partial charge in [0.1, 0.15) is 5.82 Å². The molecule has 0 aromatic carbocycles. The van der Waals surface area contributed by atoms with Gasteiger partial charge in [0, 0.05) is 17.2 Å². The molecule has 1 aromatic heterocycles. The Balaban J connectivity index is 0.00000200. The molecule has 1 amide bonds. The maximum atomic E-state index is 11.9. The summed E-state index contributed by atoms with van der Waals surface area (Å²) < 4.78 is 0.896. The second-order valence-electron chi connectivity index (χ2n) is 4.89. The maximum Gasteiger partial charge on any atom is 0.239 e. The molecule has 0 radical (unpaired) electrons. The molecule has 0 saturated carbocycles. The molecule has 3 N–H and O–H groups in total. The molecule has 120 valence electrons. The van der Waals surface area contributed by atoms with Gasteiger partial charge in [-0.05, 0) is 59.9 Å². The summed E-state index contributed by atoms with van der Waals surface area (Å²) in [6.07, 6.45) is 3.95. The molecule has 5 nitrogen and oxygen atoms in total. The standard InChI is InChI=1S/C13H19BrN4O.2ClH/c14-11-3-4-12(16-7-11)17-13(19)9-18-5-1-2-10(6-15)8-18;;/h3-4,7,10H,1-2,5-6,8-9,15H2,(H,16,17,19);2*1H. The Labute approximate surface area is 146 Å². The molecule has 1 aromatic rings. The van der Waals surface area contributed by atoms with E-state index in [0.717, 1.165) is 24.0 Å². The molecule has 0 spiro atoms. The minimum absolute atomic E-state index is 0. The third-order valence-corrected chi connectivity index (χ3v) is 3.77. The van der Waals surface area contributed by atoms with E-state index < -0.39 is 0 Å². The van der Waals surface area contributed by atoms with Crippen molar-refractivity contribution in [1.82, 2.24) is 9.88 Å². The Morgan fingerprint density at radius 3 is 2.86 bits per heavy atom. The zero-order valence-electron chi connectivity index (χ0n) is 11.6. The van der Waals surface area contributed by atoms with Crippen LogP contribution >= 0.6 is 40.7 Å². The fourth-order valence-corrected chi connectivity index (χ4v) is 2.56. The van der Waals surface area contributed by atoms with Crippen LogP contribution in [0.2, 0.25) is 0 Å². The number of carbonyl (C=O) groups excluding carboxylic acids is 1. The molecule has 1 atom stereocenters. The average Bonchev–Trinajstić information content (AvgIpc) is 2.41. The van der Waals surface area contributed by atoms with Crippen molar-refractivity contribution in [2.45, 2.75) is 12.8 Å². The molecule has 0 aliphatic carbocycles.